The Hall–Kier alpha value is -3.74. The molecular formula is C21H20N6O. The molecule has 3 aromatic heterocycles. The number of aryl methyl sites for hydroxylation is 1. The number of hydrogen-bond acceptors (Lipinski definition) is 4. The third kappa shape index (κ3) is 3.98. The lowest BCUT2D eigenvalue weighted by Crippen LogP contribution is -2.23. The number of nitrogens with one attached hydrogen (secondary N) is 1. The average Bonchev–Trinajstić information content (AvgIpc) is 3.38. The second kappa shape index (κ2) is 7.87. The van der Waals surface area contributed by atoms with E-state index >= 15 is 0 Å². The molecule has 0 bridgehead atoms. The van der Waals surface area contributed by atoms with Crippen LogP contribution in [0.1, 0.15) is 27.3 Å². The van der Waals surface area contributed by atoms with Crippen LogP contribution in [0.15, 0.2) is 73.4 Å². The normalized spacial score (nSPS) is 10.8. The maximum absolute atomic E-state index is 12.5. The van der Waals surface area contributed by atoms with Crippen LogP contribution < -0.4 is 5.32 Å². The summed E-state index contributed by atoms with van der Waals surface area (Å²) >= 11 is 0. The highest BCUT2D eigenvalue weighted by molar-refractivity contribution is 5.94. The molecule has 4 rings (SSSR count). The van der Waals surface area contributed by atoms with Crippen LogP contribution in [0.5, 0.6) is 0 Å². The number of aromatic nitrogens is 5. The minimum Gasteiger partial charge on any atom is -0.348 e. The monoisotopic (exact) mass is 372 g/mol. The van der Waals surface area contributed by atoms with Crippen LogP contribution in [-0.4, -0.2) is 30.2 Å². The molecule has 0 fully saturated rings. The van der Waals surface area contributed by atoms with Gasteiger partial charge in [-0.05, 0) is 48.4 Å². The summed E-state index contributed by atoms with van der Waals surface area (Å²) in [6.45, 7) is 3.03. The minimum atomic E-state index is -0.109. The van der Waals surface area contributed by atoms with Crippen molar-refractivity contribution in [3.8, 4) is 5.82 Å². The lowest BCUT2D eigenvalue weighted by Gasteiger charge is -2.09. The Kier molecular flexibility index (Phi) is 4.97. The first-order chi connectivity index (χ1) is 13.7. The summed E-state index contributed by atoms with van der Waals surface area (Å²) in [5.41, 5.74) is 2.69. The smallest absolute Gasteiger partial charge is 0.251 e. The van der Waals surface area contributed by atoms with E-state index in [-0.39, 0.29) is 5.91 Å². The largest absolute Gasteiger partial charge is 0.348 e. The van der Waals surface area contributed by atoms with Gasteiger partial charge in [-0.15, -0.1) is 0 Å². The first-order valence-corrected chi connectivity index (χ1v) is 8.99. The van der Waals surface area contributed by atoms with E-state index in [1.165, 1.54) is 0 Å². The van der Waals surface area contributed by atoms with Gasteiger partial charge in [-0.1, -0.05) is 12.1 Å². The van der Waals surface area contributed by atoms with E-state index in [1.54, 1.807) is 18.6 Å². The molecule has 0 radical (unpaired) electrons. The van der Waals surface area contributed by atoms with Gasteiger partial charge in [0.15, 0.2) is 0 Å². The fourth-order valence-electron chi connectivity index (χ4n) is 2.95. The molecule has 0 aliphatic heterocycles. The SMILES string of the molecule is Cc1nccn1-c1cc(CNC(=O)c2ccc(Cn3cccn3)cc2)ccn1. The molecule has 1 amide bonds. The Morgan fingerprint density at radius 1 is 1.00 bits per heavy atom. The summed E-state index contributed by atoms with van der Waals surface area (Å²) in [7, 11) is 0. The van der Waals surface area contributed by atoms with E-state index in [0.29, 0.717) is 18.7 Å². The van der Waals surface area contributed by atoms with Gasteiger partial charge in [0.2, 0.25) is 0 Å². The minimum absolute atomic E-state index is 0.109. The number of imidazole rings is 1. The van der Waals surface area contributed by atoms with Crippen molar-refractivity contribution >= 4 is 5.91 Å². The van der Waals surface area contributed by atoms with E-state index in [4.69, 9.17) is 0 Å². The molecule has 0 atom stereocenters. The molecule has 0 aliphatic rings. The van der Waals surface area contributed by atoms with Crippen LogP contribution in [0.3, 0.4) is 0 Å². The van der Waals surface area contributed by atoms with Crippen LogP contribution in [0.25, 0.3) is 5.82 Å². The topological polar surface area (TPSA) is 77.6 Å². The first kappa shape index (κ1) is 17.7. The maximum atomic E-state index is 12.5. The zero-order chi connectivity index (χ0) is 19.3. The molecular weight excluding hydrogens is 352 g/mol. The summed E-state index contributed by atoms with van der Waals surface area (Å²) < 4.78 is 3.75. The van der Waals surface area contributed by atoms with Crippen molar-refractivity contribution < 1.29 is 4.79 Å². The summed E-state index contributed by atoms with van der Waals surface area (Å²) in [4.78, 5) is 21.0. The molecule has 1 aromatic carbocycles. The number of amides is 1. The van der Waals surface area contributed by atoms with Gasteiger partial charge in [0, 0.05) is 43.1 Å². The summed E-state index contributed by atoms with van der Waals surface area (Å²) in [5.74, 6) is 1.54. The van der Waals surface area contributed by atoms with Crippen molar-refractivity contribution in [3.05, 3.63) is 96.0 Å². The van der Waals surface area contributed by atoms with E-state index in [0.717, 1.165) is 22.8 Å². The Labute approximate surface area is 162 Å². The molecule has 4 aromatic rings. The van der Waals surface area contributed by atoms with Gasteiger partial charge in [0.25, 0.3) is 5.91 Å². The zero-order valence-electron chi connectivity index (χ0n) is 15.5. The van der Waals surface area contributed by atoms with Crippen molar-refractivity contribution in [3.63, 3.8) is 0 Å². The predicted octanol–water partition coefficient (Wildman–Crippen LogP) is 2.75. The molecule has 0 unspecified atom stereocenters. The second-order valence-electron chi connectivity index (χ2n) is 6.45. The highest BCUT2D eigenvalue weighted by Crippen LogP contribution is 2.10. The predicted molar refractivity (Wildman–Crippen MR) is 105 cm³/mol. The highest BCUT2D eigenvalue weighted by atomic mass is 16.1. The standard InChI is InChI=1S/C21H20N6O/c1-16-22-10-12-27(16)20-13-18(7-9-23-20)14-24-21(28)19-5-3-17(4-6-19)15-26-11-2-8-25-26/h2-13H,14-15H2,1H3,(H,24,28). The van der Waals surface area contributed by atoms with Crippen molar-refractivity contribution in [2.24, 2.45) is 0 Å². The maximum Gasteiger partial charge on any atom is 0.251 e. The molecule has 3 heterocycles. The van der Waals surface area contributed by atoms with Gasteiger partial charge in [-0.3, -0.25) is 14.0 Å². The van der Waals surface area contributed by atoms with Crippen molar-refractivity contribution in [1.82, 2.24) is 29.6 Å². The number of rotatable bonds is 6. The molecule has 0 saturated heterocycles. The molecule has 140 valence electrons. The van der Waals surface area contributed by atoms with Gasteiger partial charge < -0.3 is 5.32 Å². The quantitative estimate of drug-likeness (QED) is 0.565. The van der Waals surface area contributed by atoms with E-state index in [1.807, 2.05) is 71.0 Å². The van der Waals surface area contributed by atoms with Gasteiger partial charge in [-0.2, -0.15) is 5.10 Å². The van der Waals surface area contributed by atoms with Gasteiger partial charge >= 0.3 is 0 Å². The second-order valence-corrected chi connectivity index (χ2v) is 6.45. The number of benzene rings is 1. The molecule has 0 spiro atoms. The van der Waals surface area contributed by atoms with Crippen molar-refractivity contribution in [1.29, 1.82) is 0 Å². The molecule has 0 aliphatic carbocycles. The van der Waals surface area contributed by atoms with Crippen molar-refractivity contribution in [2.75, 3.05) is 0 Å². The van der Waals surface area contributed by atoms with Gasteiger partial charge in [0.05, 0.1) is 6.54 Å². The third-order valence-electron chi connectivity index (χ3n) is 4.46. The molecule has 7 heteroatoms. The molecule has 0 saturated carbocycles. The lowest BCUT2D eigenvalue weighted by molar-refractivity contribution is 0.0951. The summed E-state index contributed by atoms with van der Waals surface area (Å²) in [6, 6.07) is 13.3. The Morgan fingerprint density at radius 3 is 2.57 bits per heavy atom. The Morgan fingerprint density at radius 2 is 1.86 bits per heavy atom. The number of carbonyl (C=O) groups excluding carboxylic acids is 1. The van der Waals surface area contributed by atoms with Crippen LogP contribution in [0, 0.1) is 6.92 Å². The van der Waals surface area contributed by atoms with Gasteiger partial charge in [0.1, 0.15) is 11.6 Å². The fourth-order valence-corrected chi connectivity index (χ4v) is 2.95. The first-order valence-electron chi connectivity index (χ1n) is 8.99. The Bertz CT molecular complexity index is 1070. The zero-order valence-corrected chi connectivity index (χ0v) is 15.5. The average molecular weight is 372 g/mol. The van der Waals surface area contributed by atoms with Crippen LogP contribution in [0.4, 0.5) is 0 Å². The fraction of sp³-hybridized carbons (Fsp3) is 0.143. The van der Waals surface area contributed by atoms with Crippen LogP contribution in [0.2, 0.25) is 0 Å². The van der Waals surface area contributed by atoms with E-state index < -0.39 is 0 Å². The molecule has 28 heavy (non-hydrogen) atoms. The highest BCUT2D eigenvalue weighted by Gasteiger charge is 2.07. The van der Waals surface area contributed by atoms with Crippen LogP contribution in [-0.2, 0) is 13.1 Å². The van der Waals surface area contributed by atoms with Crippen LogP contribution >= 0.6 is 0 Å². The molecule has 7 nitrogen and oxygen atoms in total. The van der Waals surface area contributed by atoms with Gasteiger partial charge in [-0.25, -0.2) is 9.97 Å². The number of pyridine rings is 1. The lowest BCUT2D eigenvalue weighted by atomic mass is 10.1. The number of carbonyl (C=O) groups is 1. The summed E-state index contributed by atoms with van der Waals surface area (Å²) in [5, 5.41) is 7.15. The third-order valence-corrected chi connectivity index (χ3v) is 4.46. The number of nitrogens with zero attached hydrogens (tertiary/aromatic N) is 5. The van der Waals surface area contributed by atoms with E-state index in [2.05, 4.69) is 20.4 Å². The Balaban J connectivity index is 1.38. The summed E-state index contributed by atoms with van der Waals surface area (Å²) in [6.07, 6.45) is 9.00. The van der Waals surface area contributed by atoms with E-state index in [9.17, 15) is 4.79 Å². The molecule has 1 N–H and O–H groups in total. The van der Waals surface area contributed by atoms with Crippen molar-refractivity contribution in [2.45, 2.75) is 20.0 Å². The number of hydrogen-bond donors (Lipinski definition) is 1.